The van der Waals surface area contributed by atoms with Crippen LogP contribution in [0, 0.1) is 5.92 Å². The number of benzene rings is 1. The van der Waals surface area contributed by atoms with Crippen molar-refractivity contribution in [1.82, 2.24) is 10.2 Å². The minimum atomic E-state index is 0.390. The van der Waals surface area contributed by atoms with Crippen LogP contribution in [-0.4, -0.2) is 28.9 Å². The van der Waals surface area contributed by atoms with Crippen molar-refractivity contribution in [1.29, 1.82) is 0 Å². The largest absolute Gasteiger partial charge is 0.335 e. The Bertz CT molecular complexity index is 593. The van der Waals surface area contributed by atoms with Gasteiger partial charge in [-0.2, -0.15) is 0 Å². The first kappa shape index (κ1) is 17.1. The Hall–Kier alpha value is -1.35. The normalized spacial score (nSPS) is 28.4. The van der Waals surface area contributed by atoms with Gasteiger partial charge in [-0.25, -0.2) is 0 Å². The van der Waals surface area contributed by atoms with Gasteiger partial charge in [0.2, 0.25) is 5.91 Å². The molecule has 2 unspecified atom stereocenters. The lowest BCUT2D eigenvalue weighted by Crippen LogP contribution is -2.40. The van der Waals surface area contributed by atoms with Gasteiger partial charge in [0.05, 0.1) is 0 Å². The van der Waals surface area contributed by atoms with E-state index >= 15 is 0 Å². The third-order valence-electron chi connectivity index (χ3n) is 6.34. The number of piperidine rings is 1. The molecule has 3 fully saturated rings. The fraction of sp³-hybridized carbons (Fsp3) is 0.682. The molecule has 1 amide bonds. The van der Waals surface area contributed by atoms with E-state index in [4.69, 9.17) is 0 Å². The van der Waals surface area contributed by atoms with Crippen LogP contribution in [0.2, 0.25) is 0 Å². The first-order valence-electron chi connectivity index (χ1n) is 10.2. The number of hydrogen-bond donors (Lipinski definition) is 1. The monoisotopic (exact) mass is 340 g/mol. The number of nitrogens with one attached hydrogen (secondary N) is 1. The summed E-state index contributed by atoms with van der Waals surface area (Å²) in [5.41, 5.74) is 2.65. The van der Waals surface area contributed by atoms with Gasteiger partial charge >= 0.3 is 0 Å². The predicted molar refractivity (Wildman–Crippen MR) is 101 cm³/mol. The van der Waals surface area contributed by atoms with Crippen molar-refractivity contribution in [3.05, 3.63) is 35.4 Å². The topological polar surface area (TPSA) is 32.3 Å². The van der Waals surface area contributed by atoms with Crippen LogP contribution in [0.25, 0.3) is 0 Å². The highest BCUT2D eigenvalue weighted by Gasteiger charge is 2.37. The maximum atomic E-state index is 13.0. The smallest absolute Gasteiger partial charge is 0.223 e. The van der Waals surface area contributed by atoms with Crippen LogP contribution in [0.15, 0.2) is 24.3 Å². The summed E-state index contributed by atoms with van der Waals surface area (Å²) >= 11 is 0. The molecule has 1 aliphatic carbocycles. The molecule has 1 N–H and O–H groups in total. The first-order chi connectivity index (χ1) is 12.1. The van der Waals surface area contributed by atoms with Gasteiger partial charge in [-0.3, -0.25) is 4.79 Å². The van der Waals surface area contributed by atoms with Gasteiger partial charge < -0.3 is 10.2 Å². The fourth-order valence-corrected chi connectivity index (χ4v) is 4.72. The zero-order valence-corrected chi connectivity index (χ0v) is 15.7. The first-order valence-corrected chi connectivity index (χ1v) is 10.2. The van der Waals surface area contributed by atoms with Crippen molar-refractivity contribution in [3.8, 4) is 0 Å². The number of rotatable bonds is 6. The zero-order chi connectivity index (χ0) is 17.4. The minimum absolute atomic E-state index is 0.390. The Labute approximate surface area is 152 Å². The van der Waals surface area contributed by atoms with E-state index in [-0.39, 0.29) is 0 Å². The van der Waals surface area contributed by atoms with Gasteiger partial charge in [0.25, 0.3) is 0 Å². The van der Waals surface area contributed by atoms with Gasteiger partial charge in [0, 0.05) is 31.1 Å². The highest BCUT2D eigenvalue weighted by Crippen LogP contribution is 2.35. The second-order valence-electron chi connectivity index (χ2n) is 8.83. The van der Waals surface area contributed by atoms with Crippen molar-refractivity contribution >= 4 is 5.91 Å². The van der Waals surface area contributed by atoms with Crippen molar-refractivity contribution in [3.63, 3.8) is 0 Å². The maximum absolute atomic E-state index is 13.0. The van der Waals surface area contributed by atoms with Gasteiger partial charge in [-0.15, -0.1) is 0 Å². The minimum Gasteiger partial charge on any atom is -0.335 e. The van der Waals surface area contributed by atoms with E-state index in [0.29, 0.717) is 35.9 Å². The molecule has 25 heavy (non-hydrogen) atoms. The molecule has 2 bridgehead atoms. The number of hydrogen-bond acceptors (Lipinski definition) is 2. The molecule has 2 atom stereocenters. The highest BCUT2D eigenvalue weighted by atomic mass is 16.2. The van der Waals surface area contributed by atoms with E-state index in [1.165, 1.54) is 49.7 Å². The van der Waals surface area contributed by atoms with Crippen molar-refractivity contribution in [2.75, 3.05) is 0 Å². The van der Waals surface area contributed by atoms with Crippen LogP contribution in [0.1, 0.15) is 75.8 Å². The number of carbonyl (C=O) groups excluding carboxylic acids is 1. The predicted octanol–water partition coefficient (Wildman–Crippen LogP) is 4.22. The fourth-order valence-electron chi connectivity index (χ4n) is 4.72. The second-order valence-corrected chi connectivity index (χ2v) is 8.83. The summed E-state index contributed by atoms with van der Waals surface area (Å²) in [6, 6.07) is 10.7. The van der Waals surface area contributed by atoms with Crippen LogP contribution < -0.4 is 5.32 Å². The molecular formula is C22H32N2O. The van der Waals surface area contributed by atoms with E-state index in [2.05, 4.69) is 48.3 Å². The Morgan fingerprint density at radius 1 is 1.08 bits per heavy atom. The van der Waals surface area contributed by atoms with Gasteiger partial charge in [0.15, 0.2) is 0 Å². The molecule has 1 aromatic carbocycles. The van der Waals surface area contributed by atoms with Crippen LogP contribution in [0.4, 0.5) is 0 Å². The standard InChI is InChI=1S/C22H32N2O/c1-15(2)18-5-3-16(4-6-18)14-24(21-9-10-21)22(25)13-17-11-19-7-8-20(12-17)23-19/h3-6,15,17,19-21,23H,7-14H2,1-2H3. The molecule has 2 aliphatic heterocycles. The molecule has 3 nitrogen and oxygen atoms in total. The lowest BCUT2D eigenvalue weighted by molar-refractivity contribution is -0.133. The van der Waals surface area contributed by atoms with Crippen molar-refractivity contribution in [2.45, 2.75) is 89.4 Å². The van der Waals surface area contributed by atoms with Crippen molar-refractivity contribution in [2.24, 2.45) is 5.92 Å². The molecule has 0 aromatic heterocycles. The summed E-state index contributed by atoms with van der Waals surface area (Å²) in [6.45, 7) is 5.24. The lowest BCUT2D eigenvalue weighted by atomic mass is 9.89. The summed E-state index contributed by atoms with van der Waals surface area (Å²) in [6.07, 6.45) is 8.15. The summed E-state index contributed by atoms with van der Waals surface area (Å²) in [7, 11) is 0. The third kappa shape index (κ3) is 4.08. The lowest BCUT2D eigenvalue weighted by Gasteiger charge is -2.31. The number of amides is 1. The van der Waals surface area contributed by atoms with Gasteiger partial charge in [0.1, 0.15) is 0 Å². The van der Waals surface area contributed by atoms with Crippen LogP contribution in [-0.2, 0) is 11.3 Å². The average molecular weight is 341 g/mol. The number of carbonyl (C=O) groups is 1. The molecule has 4 rings (SSSR count). The molecule has 2 heterocycles. The summed E-state index contributed by atoms with van der Waals surface area (Å²) in [4.78, 5) is 15.2. The third-order valence-corrected chi connectivity index (χ3v) is 6.34. The zero-order valence-electron chi connectivity index (χ0n) is 15.7. The Morgan fingerprint density at radius 2 is 1.72 bits per heavy atom. The number of fused-ring (bicyclic) bond motifs is 2. The molecule has 0 spiro atoms. The average Bonchev–Trinajstić information content (AvgIpc) is 3.37. The Morgan fingerprint density at radius 3 is 2.28 bits per heavy atom. The van der Waals surface area contributed by atoms with E-state index < -0.39 is 0 Å². The Kier molecular flexibility index (Phi) is 4.86. The summed E-state index contributed by atoms with van der Waals surface area (Å²) < 4.78 is 0. The molecule has 3 heteroatoms. The quantitative estimate of drug-likeness (QED) is 0.841. The van der Waals surface area contributed by atoms with E-state index in [1.54, 1.807) is 0 Å². The van der Waals surface area contributed by atoms with E-state index in [0.717, 1.165) is 13.0 Å². The molecular weight excluding hydrogens is 308 g/mol. The van der Waals surface area contributed by atoms with E-state index in [1.807, 2.05) is 0 Å². The molecule has 3 aliphatic rings. The second kappa shape index (κ2) is 7.11. The van der Waals surface area contributed by atoms with Crippen molar-refractivity contribution < 1.29 is 4.79 Å². The maximum Gasteiger partial charge on any atom is 0.223 e. The van der Waals surface area contributed by atoms with Crippen LogP contribution in [0.5, 0.6) is 0 Å². The molecule has 136 valence electrons. The molecule has 0 radical (unpaired) electrons. The summed E-state index contributed by atoms with van der Waals surface area (Å²) in [5.74, 6) is 1.54. The SMILES string of the molecule is CC(C)c1ccc(CN(C(=O)CC2CC3CCC(C2)N3)C2CC2)cc1. The molecule has 2 saturated heterocycles. The van der Waals surface area contributed by atoms with Crippen LogP contribution >= 0.6 is 0 Å². The molecule has 1 saturated carbocycles. The number of nitrogens with zero attached hydrogens (tertiary/aromatic N) is 1. The van der Waals surface area contributed by atoms with Crippen LogP contribution in [0.3, 0.4) is 0 Å². The summed E-state index contributed by atoms with van der Waals surface area (Å²) in [5, 5.41) is 3.69. The molecule has 1 aromatic rings. The van der Waals surface area contributed by atoms with E-state index in [9.17, 15) is 4.79 Å². The Balaban J connectivity index is 1.38. The van der Waals surface area contributed by atoms with Gasteiger partial charge in [-0.1, -0.05) is 38.1 Å². The highest BCUT2D eigenvalue weighted by molar-refractivity contribution is 5.77. The van der Waals surface area contributed by atoms with Gasteiger partial charge in [-0.05, 0) is 61.5 Å².